The number of nitrogens with one attached hydrogen (secondary N) is 1. The Morgan fingerprint density at radius 3 is 2.76 bits per heavy atom. The summed E-state index contributed by atoms with van der Waals surface area (Å²) in [4.78, 5) is 12.6. The van der Waals surface area contributed by atoms with Gasteiger partial charge in [-0.25, -0.2) is 9.37 Å². The lowest BCUT2D eigenvalue weighted by Crippen LogP contribution is -2.27. The molecule has 2 N–H and O–H groups in total. The standard InChI is InChI=1S/C16H16ClFN6O/c17-16-20-14-13(19-9-23(14)10-5-1-2-6-10)15(21-16)24(25)22-12-8-4-3-7-11(12)18/h3-4,7-10,22,25H,1-2,5-6H2. The molecule has 0 atom stereocenters. The van der Waals surface area contributed by atoms with E-state index in [1.165, 1.54) is 12.1 Å². The van der Waals surface area contributed by atoms with Crippen LogP contribution >= 0.6 is 11.6 Å². The Hall–Kier alpha value is -2.45. The Balaban J connectivity index is 1.72. The summed E-state index contributed by atoms with van der Waals surface area (Å²) >= 11 is 6.03. The first-order valence-corrected chi connectivity index (χ1v) is 8.41. The molecule has 1 aliphatic rings. The van der Waals surface area contributed by atoms with E-state index in [2.05, 4.69) is 20.4 Å². The van der Waals surface area contributed by atoms with Gasteiger partial charge >= 0.3 is 0 Å². The van der Waals surface area contributed by atoms with Crippen molar-refractivity contribution < 1.29 is 9.60 Å². The molecule has 0 amide bonds. The number of aromatic nitrogens is 4. The van der Waals surface area contributed by atoms with E-state index in [1.54, 1.807) is 18.5 Å². The van der Waals surface area contributed by atoms with E-state index in [9.17, 15) is 9.60 Å². The highest BCUT2D eigenvalue weighted by Gasteiger charge is 2.23. The van der Waals surface area contributed by atoms with Gasteiger partial charge in [-0.3, -0.25) is 10.6 Å². The van der Waals surface area contributed by atoms with Gasteiger partial charge in [-0.1, -0.05) is 25.0 Å². The summed E-state index contributed by atoms with van der Waals surface area (Å²) in [6.45, 7) is 0. The number of rotatable bonds is 4. The smallest absolute Gasteiger partial charge is 0.226 e. The van der Waals surface area contributed by atoms with Gasteiger partial charge in [-0.15, -0.1) is 5.17 Å². The average molecular weight is 363 g/mol. The average Bonchev–Trinajstić information content (AvgIpc) is 3.25. The molecular formula is C16H16ClFN6O. The van der Waals surface area contributed by atoms with Crippen molar-refractivity contribution in [2.45, 2.75) is 31.7 Å². The van der Waals surface area contributed by atoms with Gasteiger partial charge in [0.05, 0.1) is 12.0 Å². The second kappa shape index (κ2) is 6.45. The van der Waals surface area contributed by atoms with Gasteiger partial charge < -0.3 is 4.57 Å². The second-order valence-corrected chi connectivity index (χ2v) is 6.32. The van der Waals surface area contributed by atoms with E-state index >= 15 is 0 Å². The van der Waals surface area contributed by atoms with Crippen molar-refractivity contribution in [3.05, 3.63) is 41.7 Å². The minimum absolute atomic E-state index is 0.0170. The van der Waals surface area contributed by atoms with Gasteiger partial charge in [0, 0.05) is 6.04 Å². The molecule has 0 aliphatic heterocycles. The Labute approximate surface area is 148 Å². The van der Waals surface area contributed by atoms with Crippen LogP contribution in [0.5, 0.6) is 0 Å². The molecule has 25 heavy (non-hydrogen) atoms. The van der Waals surface area contributed by atoms with Gasteiger partial charge in [-0.2, -0.15) is 9.97 Å². The summed E-state index contributed by atoms with van der Waals surface area (Å²) in [7, 11) is 0. The van der Waals surface area contributed by atoms with Crippen molar-refractivity contribution in [3.63, 3.8) is 0 Å². The molecule has 130 valence electrons. The first-order chi connectivity index (χ1) is 12.1. The SMILES string of the molecule is ON(Nc1ccccc1F)c1nc(Cl)nc2c1ncn2C1CCCC1. The highest BCUT2D eigenvalue weighted by atomic mass is 35.5. The van der Waals surface area contributed by atoms with E-state index in [0.29, 0.717) is 22.4 Å². The van der Waals surface area contributed by atoms with E-state index < -0.39 is 5.82 Å². The number of hydrogen-bond donors (Lipinski definition) is 2. The van der Waals surface area contributed by atoms with E-state index in [4.69, 9.17) is 11.6 Å². The summed E-state index contributed by atoms with van der Waals surface area (Å²) in [5, 5.41) is 10.9. The predicted molar refractivity (Wildman–Crippen MR) is 92.1 cm³/mol. The van der Waals surface area contributed by atoms with Crippen LogP contribution in [0.25, 0.3) is 11.2 Å². The zero-order valence-corrected chi connectivity index (χ0v) is 14.0. The third-order valence-corrected chi connectivity index (χ3v) is 4.56. The number of para-hydroxylation sites is 1. The predicted octanol–water partition coefficient (Wildman–Crippen LogP) is 3.96. The number of benzene rings is 1. The van der Waals surface area contributed by atoms with Crippen LogP contribution in [0.3, 0.4) is 0 Å². The van der Waals surface area contributed by atoms with Crippen molar-refractivity contribution in [1.82, 2.24) is 19.5 Å². The fourth-order valence-electron chi connectivity index (χ4n) is 3.19. The minimum Gasteiger partial charge on any atom is -0.312 e. The van der Waals surface area contributed by atoms with Crippen LogP contribution in [-0.4, -0.2) is 24.7 Å². The number of fused-ring (bicyclic) bond motifs is 1. The molecule has 1 saturated carbocycles. The number of anilines is 2. The second-order valence-electron chi connectivity index (χ2n) is 5.98. The summed E-state index contributed by atoms with van der Waals surface area (Å²) < 4.78 is 15.8. The molecule has 0 unspecified atom stereocenters. The molecule has 0 radical (unpaired) electrons. The van der Waals surface area contributed by atoms with Crippen molar-refractivity contribution in [2.24, 2.45) is 0 Å². The number of imidazole rings is 1. The molecular weight excluding hydrogens is 347 g/mol. The van der Waals surface area contributed by atoms with Crippen LogP contribution in [0.2, 0.25) is 5.28 Å². The van der Waals surface area contributed by atoms with Crippen LogP contribution in [-0.2, 0) is 0 Å². The maximum absolute atomic E-state index is 13.8. The topological polar surface area (TPSA) is 79.1 Å². The summed E-state index contributed by atoms with van der Waals surface area (Å²) in [5.74, 6) is -0.440. The third-order valence-electron chi connectivity index (χ3n) is 4.39. The fourth-order valence-corrected chi connectivity index (χ4v) is 3.35. The van der Waals surface area contributed by atoms with Crippen molar-refractivity contribution in [1.29, 1.82) is 0 Å². The Bertz CT molecular complexity index is 911. The van der Waals surface area contributed by atoms with Gasteiger partial charge in [0.25, 0.3) is 0 Å². The molecule has 2 aromatic heterocycles. The molecule has 1 aliphatic carbocycles. The maximum Gasteiger partial charge on any atom is 0.226 e. The van der Waals surface area contributed by atoms with Gasteiger partial charge in [0.1, 0.15) is 5.82 Å². The fraction of sp³-hybridized carbons (Fsp3) is 0.312. The molecule has 9 heteroatoms. The minimum atomic E-state index is -0.505. The van der Waals surface area contributed by atoms with E-state index in [-0.39, 0.29) is 16.8 Å². The lowest BCUT2D eigenvalue weighted by molar-refractivity contribution is 0.274. The highest BCUT2D eigenvalue weighted by Crippen LogP contribution is 2.33. The maximum atomic E-state index is 13.8. The molecule has 1 fully saturated rings. The molecule has 4 rings (SSSR count). The summed E-state index contributed by atoms with van der Waals surface area (Å²) in [6.07, 6.45) is 6.12. The van der Waals surface area contributed by atoms with Crippen molar-refractivity contribution in [3.8, 4) is 0 Å². The number of hydrazine groups is 1. The Morgan fingerprint density at radius 1 is 1.24 bits per heavy atom. The zero-order chi connectivity index (χ0) is 17.4. The van der Waals surface area contributed by atoms with Crippen molar-refractivity contribution in [2.75, 3.05) is 10.6 Å². The first kappa shape index (κ1) is 16.0. The van der Waals surface area contributed by atoms with E-state index in [0.717, 1.165) is 25.7 Å². The first-order valence-electron chi connectivity index (χ1n) is 8.04. The van der Waals surface area contributed by atoms with Crippen LogP contribution in [0.15, 0.2) is 30.6 Å². The Morgan fingerprint density at radius 2 is 2.00 bits per heavy atom. The molecule has 2 heterocycles. The van der Waals surface area contributed by atoms with Crippen LogP contribution in [0.4, 0.5) is 15.9 Å². The van der Waals surface area contributed by atoms with Gasteiger partial charge in [-0.05, 0) is 36.6 Å². The molecule has 7 nitrogen and oxygen atoms in total. The summed E-state index contributed by atoms with van der Waals surface area (Å²) in [6, 6.07) is 6.31. The van der Waals surface area contributed by atoms with Crippen LogP contribution in [0, 0.1) is 5.82 Å². The van der Waals surface area contributed by atoms with Gasteiger partial charge in [0.2, 0.25) is 11.1 Å². The number of nitrogens with zero attached hydrogens (tertiary/aromatic N) is 5. The van der Waals surface area contributed by atoms with Gasteiger partial charge in [0.15, 0.2) is 11.2 Å². The lowest BCUT2D eigenvalue weighted by atomic mass is 10.2. The Kier molecular flexibility index (Phi) is 4.14. The largest absolute Gasteiger partial charge is 0.312 e. The van der Waals surface area contributed by atoms with E-state index in [1.807, 2.05) is 4.57 Å². The molecule has 1 aromatic carbocycles. The summed E-state index contributed by atoms with van der Waals surface area (Å²) in [5.41, 5.74) is 3.58. The number of hydrogen-bond acceptors (Lipinski definition) is 6. The quantitative estimate of drug-likeness (QED) is 0.540. The molecule has 0 bridgehead atoms. The van der Waals surface area contributed by atoms with Crippen LogP contribution in [0.1, 0.15) is 31.7 Å². The highest BCUT2D eigenvalue weighted by molar-refractivity contribution is 6.28. The monoisotopic (exact) mass is 362 g/mol. The normalized spacial score (nSPS) is 15.0. The molecule has 0 spiro atoms. The lowest BCUT2D eigenvalue weighted by Gasteiger charge is -2.19. The third kappa shape index (κ3) is 2.98. The number of halogens is 2. The van der Waals surface area contributed by atoms with Crippen molar-refractivity contribution >= 4 is 34.3 Å². The zero-order valence-electron chi connectivity index (χ0n) is 13.2. The van der Waals surface area contributed by atoms with Crippen LogP contribution < -0.4 is 10.6 Å². The molecule has 0 saturated heterocycles. The molecule has 3 aromatic rings.